The molecule has 0 spiro atoms. The number of sulfone groups is 1. The van der Waals surface area contributed by atoms with Gasteiger partial charge in [-0.05, 0) is 44.0 Å². The maximum Gasteiger partial charge on any atom is 0.262 e. The van der Waals surface area contributed by atoms with Crippen LogP contribution in [0.25, 0.3) is 0 Å². The number of piperidine rings is 1. The van der Waals surface area contributed by atoms with Crippen LogP contribution in [-0.2, 0) is 14.6 Å². The molecule has 1 atom stereocenters. The first-order chi connectivity index (χ1) is 9.57. The summed E-state index contributed by atoms with van der Waals surface area (Å²) in [6, 6.07) is 7.87. The first-order valence-corrected chi connectivity index (χ1v) is 8.05. The number of hydroxylamine groups is 1. The number of carbonyl (C=O) groups is 1. The van der Waals surface area contributed by atoms with Gasteiger partial charge in [0.05, 0.1) is 4.90 Å². The molecular formula is C13H18N2O4S. The van der Waals surface area contributed by atoms with Crippen molar-refractivity contribution in [2.24, 2.45) is 5.92 Å². The number of nitrogens with one attached hydrogen (secondary N) is 2. The predicted molar refractivity (Wildman–Crippen MR) is 72.9 cm³/mol. The van der Waals surface area contributed by atoms with E-state index in [2.05, 4.69) is 5.32 Å². The van der Waals surface area contributed by atoms with Gasteiger partial charge in [0.25, 0.3) is 5.91 Å². The van der Waals surface area contributed by atoms with Crippen molar-refractivity contribution in [3.8, 4) is 0 Å². The van der Waals surface area contributed by atoms with E-state index >= 15 is 0 Å². The molecule has 0 saturated carbocycles. The third-order valence-corrected chi connectivity index (χ3v) is 5.78. The predicted octanol–water partition coefficient (Wildman–Crippen LogP) is 0.334. The first-order valence-electron chi connectivity index (χ1n) is 6.51. The average molecular weight is 298 g/mol. The van der Waals surface area contributed by atoms with E-state index in [1.54, 1.807) is 18.2 Å². The van der Waals surface area contributed by atoms with Crippen molar-refractivity contribution in [3.05, 3.63) is 30.3 Å². The zero-order valence-electron chi connectivity index (χ0n) is 11.0. The minimum atomic E-state index is -3.81. The van der Waals surface area contributed by atoms with Gasteiger partial charge in [-0.15, -0.1) is 0 Å². The van der Waals surface area contributed by atoms with Crippen molar-refractivity contribution in [2.45, 2.75) is 23.0 Å². The van der Waals surface area contributed by atoms with Crippen LogP contribution in [0.5, 0.6) is 0 Å². The topological polar surface area (TPSA) is 95.5 Å². The lowest BCUT2D eigenvalue weighted by Crippen LogP contribution is -2.46. The van der Waals surface area contributed by atoms with Crippen LogP contribution < -0.4 is 10.8 Å². The molecule has 7 heteroatoms. The van der Waals surface area contributed by atoms with Crippen molar-refractivity contribution in [1.82, 2.24) is 10.8 Å². The third kappa shape index (κ3) is 3.00. The van der Waals surface area contributed by atoms with Crippen molar-refractivity contribution >= 4 is 15.7 Å². The molecule has 0 aliphatic carbocycles. The molecule has 20 heavy (non-hydrogen) atoms. The van der Waals surface area contributed by atoms with Gasteiger partial charge in [0.2, 0.25) is 0 Å². The van der Waals surface area contributed by atoms with E-state index in [0.717, 1.165) is 0 Å². The summed E-state index contributed by atoms with van der Waals surface area (Å²) >= 11 is 0. The van der Waals surface area contributed by atoms with Crippen LogP contribution in [0.4, 0.5) is 0 Å². The zero-order valence-corrected chi connectivity index (χ0v) is 11.8. The van der Waals surface area contributed by atoms with Gasteiger partial charge in [0, 0.05) is 0 Å². The van der Waals surface area contributed by atoms with Crippen LogP contribution in [0.15, 0.2) is 35.2 Å². The number of rotatable bonds is 4. The molecule has 1 heterocycles. The Morgan fingerprint density at radius 2 is 1.85 bits per heavy atom. The molecule has 110 valence electrons. The minimum Gasteiger partial charge on any atom is -0.317 e. The highest BCUT2D eigenvalue weighted by molar-refractivity contribution is 7.92. The van der Waals surface area contributed by atoms with Gasteiger partial charge in [-0.3, -0.25) is 10.0 Å². The molecule has 1 saturated heterocycles. The number of carbonyl (C=O) groups excluding carboxylic acids is 1. The summed E-state index contributed by atoms with van der Waals surface area (Å²) in [6.07, 6.45) is 1.17. The van der Waals surface area contributed by atoms with Crippen LogP contribution in [-0.4, -0.2) is 37.9 Å². The summed E-state index contributed by atoms with van der Waals surface area (Å²) in [4.78, 5) is 12.0. The Bertz CT molecular complexity index is 553. The summed E-state index contributed by atoms with van der Waals surface area (Å²) < 4.78 is 25.3. The van der Waals surface area contributed by atoms with Gasteiger partial charge >= 0.3 is 0 Å². The van der Waals surface area contributed by atoms with E-state index < -0.39 is 21.0 Å². The fraction of sp³-hybridized carbons (Fsp3) is 0.462. The summed E-state index contributed by atoms with van der Waals surface area (Å²) in [5.74, 6) is -1.16. The number of hydrogen-bond acceptors (Lipinski definition) is 5. The highest BCUT2D eigenvalue weighted by Gasteiger charge is 2.40. The average Bonchev–Trinajstić information content (AvgIpc) is 2.49. The van der Waals surface area contributed by atoms with Crippen LogP contribution >= 0.6 is 0 Å². The Hall–Kier alpha value is -1.44. The summed E-state index contributed by atoms with van der Waals surface area (Å²) in [5.41, 5.74) is 1.50. The molecule has 3 N–H and O–H groups in total. The molecular weight excluding hydrogens is 280 g/mol. The molecule has 1 aromatic carbocycles. The Morgan fingerprint density at radius 3 is 2.40 bits per heavy atom. The van der Waals surface area contributed by atoms with Gasteiger partial charge in [-0.25, -0.2) is 13.9 Å². The quantitative estimate of drug-likeness (QED) is 0.550. The van der Waals surface area contributed by atoms with E-state index in [4.69, 9.17) is 5.21 Å². The molecule has 1 fully saturated rings. The number of hydrogen-bond donors (Lipinski definition) is 3. The fourth-order valence-corrected chi connectivity index (χ4v) is 4.52. The highest BCUT2D eigenvalue weighted by Crippen LogP contribution is 2.27. The maximum absolute atomic E-state index is 12.6. The molecule has 1 aliphatic rings. The minimum absolute atomic E-state index is 0.104. The standard InChI is InChI=1S/C13H18N2O4S/c16-13(15-17)12(10-6-8-14-9-7-10)20(18,19)11-4-2-1-3-5-11/h1-5,10,12,14,17H,6-9H2,(H,15,16). The van der Waals surface area contributed by atoms with E-state index in [-0.39, 0.29) is 10.8 Å². The zero-order chi connectivity index (χ0) is 14.6. The summed E-state index contributed by atoms with van der Waals surface area (Å²) in [7, 11) is -3.81. The van der Waals surface area contributed by atoms with Crippen LogP contribution in [0.3, 0.4) is 0 Å². The lowest BCUT2D eigenvalue weighted by atomic mass is 9.94. The molecule has 1 amide bonds. The summed E-state index contributed by atoms with van der Waals surface area (Å²) in [5, 5.41) is 10.7. The Labute approximate surface area is 118 Å². The molecule has 1 aromatic rings. The molecule has 0 aromatic heterocycles. The van der Waals surface area contributed by atoms with Crippen molar-refractivity contribution in [3.63, 3.8) is 0 Å². The van der Waals surface area contributed by atoms with E-state index in [1.165, 1.54) is 17.6 Å². The van der Waals surface area contributed by atoms with E-state index in [9.17, 15) is 13.2 Å². The second-order valence-corrected chi connectivity index (χ2v) is 6.91. The third-order valence-electron chi connectivity index (χ3n) is 3.59. The number of benzene rings is 1. The molecule has 1 aliphatic heterocycles. The molecule has 2 rings (SSSR count). The van der Waals surface area contributed by atoms with Crippen LogP contribution in [0, 0.1) is 5.92 Å². The highest BCUT2D eigenvalue weighted by atomic mass is 32.2. The van der Waals surface area contributed by atoms with Gasteiger partial charge in [0.15, 0.2) is 9.84 Å². The van der Waals surface area contributed by atoms with E-state index in [0.29, 0.717) is 25.9 Å². The Kier molecular flexibility index (Phi) is 4.74. The Balaban J connectivity index is 2.38. The van der Waals surface area contributed by atoms with Crippen LogP contribution in [0.2, 0.25) is 0 Å². The van der Waals surface area contributed by atoms with Crippen molar-refractivity contribution in [1.29, 1.82) is 0 Å². The molecule has 1 unspecified atom stereocenters. The number of amides is 1. The van der Waals surface area contributed by atoms with E-state index in [1.807, 2.05) is 0 Å². The van der Waals surface area contributed by atoms with Crippen molar-refractivity contribution < 1.29 is 18.4 Å². The molecule has 0 radical (unpaired) electrons. The smallest absolute Gasteiger partial charge is 0.262 e. The molecule has 6 nitrogen and oxygen atoms in total. The maximum atomic E-state index is 12.6. The SMILES string of the molecule is O=C(NO)C(C1CCNCC1)S(=O)(=O)c1ccccc1. The molecule has 0 bridgehead atoms. The second kappa shape index (κ2) is 6.34. The van der Waals surface area contributed by atoms with Gasteiger partial charge in [0.1, 0.15) is 5.25 Å². The lowest BCUT2D eigenvalue weighted by molar-refractivity contribution is -0.129. The first kappa shape index (κ1) is 15.0. The van der Waals surface area contributed by atoms with Gasteiger partial charge in [-0.1, -0.05) is 18.2 Å². The lowest BCUT2D eigenvalue weighted by Gasteiger charge is -2.29. The van der Waals surface area contributed by atoms with Gasteiger partial charge in [-0.2, -0.15) is 0 Å². The largest absolute Gasteiger partial charge is 0.317 e. The Morgan fingerprint density at radius 1 is 1.25 bits per heavy atom. The summed E-state index contributed by atoms with van der Waals surface area (Å²) in [6.45, 7) is 1.34. The monoisotopic (exact) mass is 298 g/mol. The second-order valence-electron chi connectivity index (χ2n) is 4.84. The van der Waals surface area contributed by atoms with Crippen LogP contribution in [0.1, 0.15) is 12.8 Å². The van der Waals surface area contributed by atoms with Gasteiger partial charge < -0.3 is 5.32 Å². The fourth-order valence-electron chi connectivity index (χ4n) is 2.58. The van der Waals surface area contributed by atoms with Crippen molar-refractivity contribution in [2.75, 3.05) is 13.1 Å². The normalized spacial score (nSPS) is 18.4.